The molecule has 0 amide bonds. The van der Waals surface area contributed by atoms with Crippen LogP contribution in [0, 0.1) is 6.92 Å². The topological polar surface area (TPSA) is 62.6 Å². The van der Waals surface area contributed by atoms with Gasteiger partial charge in [-0.25, -0.2) is 12.7 Å². The average molecular weight is 246 g/mol. The highest BCUT2D eigenvalue weighted by atomic mass is 32.2. The molecule has 0 aliphatic carbocycles. The molecular formula is C10H18N2O3S. The number of nitrogens with one attached hydrogen (secondary N) is 1. The summed E-state index contributed by atoms with van der Waals surface area (Å²) >= 11 is 0. The van der Waals surface area contributed by atoms with E-state index in [1.54, 1.807) is 13.0 Å². The second-order valence-electron chi connectivity index (χ2n) is 3.70. The minimum Gasteiger partial charge on any atom is -0.464 e. The minimum atomic E-state index is -3.40. The molecule has 1 aromatic heterocycles. The van der Waals surface area contributed by atoms with Crippen LogP contribution < -0.4 is 5.32 Å². The van der Waals surface area contributed by atoms with Crippen LogP contribution in [-0.4, -0.2) is 33.4 Å². The summed E-state index contributed by atoms with van der Waals surface area (Å²) in [7, 11) is -0.389. The van der Waals surface area contributed by atoms with Gasteiger partial charge in [0.15, 0.2) is 0 Å². The van der Waals surface area contributed by atoms with Gasteiger partial charge in [0.25, 0.3) is 0 Å². The molecule has 0 radical (unpaired) electrons. The first kappa shape index (κ1) is 13.2. The maximum Gasteiger partial charge on any atom is 0.246 e. The molecule has 5 nitrogen and oxygen atoms in total. The van der Waals surface area contributed by atoms with Crippen LogP contribution in [0.25, 0.3) is 0 Å². The summed E-state index contributed by atoms with van der Waals surface area (Å²) in [5, 5.41) is 3.08. The Labute approximate surface area is 96.5 Å². The molecule has 0 aliphatic heterocycles. The van der Waals surface area contributed by atoms with E-state index < -0.39 is 10.0 Å². The van der Waals surface area contributed by atoms with Crippen LogP contribution in [0.5, 0.6) is 0 Å². The highest BCUT2D eigenvalue weighted by Crippen LogP contribution is 2.22. The van der Waals surface area contributed by atoms with E-state index in [1.807, 2.05) is 6.92 Å². The summed E-state index contributed by atoms with van der Waals surface area (Å²) in [5.74, 6) is 1.07. The van der Waals surface area contributed by atoms with Crippen molar-refractivity contribution < 1.29 is 12.8 Å². The van der Waals surface area contributed by atoms with Gasteiger partial charge in [0.1, 0.15) is 16.4 Å². The molecule has 1 heterocycles. The van der Waals surface area contributed by atoms with Gasteiger partial charge in [-0.3, -0.25) is 0 Å². The van der Waals surface area contributed by atoms with E-state index >= 15 is 0 Å². The Bertz CT molecular complexity index is 449. The third-order valence-electron chi connectivity index (χ3n) is 2.23. The fourth-order valence-corrected chi connectivity index (χ4v) is 2.39. The van der Waals surface area contributed by atoms with E-state index in [0.29, 0.717) is 18.1 Å². The fourth-order valence-electron chi connectivity index (χ4n) is 1.31. The molecule has 1 N–H and O–H groups in total. The molecule has 6 heteroatoms. The molecule has 0 spiro atoms. The normalized spacial score (nSPS) is 12.3. The predicted molar refractivity (Wildman–Crippen MR) is 61.7 cm³/mol. The van der Waals surface area contributed by atoms with Gasteiger partial charge in [-0.15, -0.1) is 0 Å². The van der Waals surface area contributed by atoms with E-state index in [4.69, 9.17) is 4.42 Å². The smallest absolute Gasteiger partial charge is 0.246 e. The Morgan fingerprint density at radius 2 is 2.06 bits per heavy atom. The summed E-state index contributed by atoms with van der Waals surface area (Å²) < 4.78 is 30.3. The minimum absolute atomic E-state index is 0.241. The standard InChI is InChI=1S/C10H18N2O3S/c1-5-11-7-9-6-10(8(2)15-9)16(13,14)12(3)4/h6,11H,5,7H2,1-4H3. The van der Waals surface area contributed by atoms with E-state index in [1.165, 1.54) is 18.4 Å². The lowest BCUT2D eigenvalue weighted by molar-refractivity contribution is 0.458. The Morgan fingerprint density at radius 1 is 1.44 bits per heavy atom. The zero-order valence-electron chi connectivity index (χ0n) is 10.1. The van der Waals surface area contributed by atoms with Gasteiger partial charge in [-0.1, -0.05) is 6.92 Å². The molecule has 1 aromatic rings. The Kier molecular flexibility index (Phi) is 4.12. The van der Waals surface area contributed by atoms with Crippen molar-refractivity contribution in [2.45, 2.75) is 25.3 Å². The van der Waals surface area contributed by atoms with Crippen LogP contribution >= 0.6 is 0 Å². The average Bonchev–Trinajstić information content (AvgIpc) is 2.57. The van der Waals surface area contributed by atoms with Crippen LogP contribution in [0.4, 0.5) is 0 Å². The Balaban J connectivity index is 3.03. The summed E-state index contributed by atoms with van der Waals surface area (Å²) in [5.41, 5.74) is 0. The molecule has 0 fully saturated rings. The van der Waals surface area contributed by atoms with E-state index in [2.05, 4.69) is 5.32 Å². The van der Waals surface area contributed by atoms with E-state index in [0.717, 1.165) is 6.54 Å². The molecule has 0 bridgehead atoms. The van der Waals surface area contributed by atoms with Crippen molar-refractivity contribution in [3.8, 4) is 0 Å². The zero-order valence-corrected chi connectivity index (χ0v) is 10.9. The molecule has 0 atom stereocenters. The van der Waals surface area contributed by atoms with Gasteiger partial charge in [-0.2, -0.15) is 0 Å². The van der Waals surface area contributed by atoms with Crippen molar-refractivity contribution >= 4 is 10.0 Å². The second kappa shape index (κ2) is 4.99. The molecular weight excluding hydrogens is 228 g/mol. The predicted octanol–water partition coefficient (Wildman–Crippen LogP) is 0.948. The highest BCUT2D eigenvalue weighted by molar-refractivity contribution is 7.89. The number of sulfonamides is 1. The number of hydrogen-bond acceptors (Lipinski definition) is 4. The number of nitrogens with zero attached hydrogens (tertiary/aromatic N) is 1. The molecule has 0 saturated carbocycles. The second-order valence-corrected chi connectivity index (χ2v) is 5.82. The lowest BCUT2D eigenvalue weighted by Gasteiger charge is -2.09. The van der Waals surface area contributed by atoms with Crippen molar-refractivity contribution in [2.75, 3.05) is 20.6 Å². The molecule has 92 valence electrons. The summed E-state index contributed by atoms with van der Waals surface area (Å²) in [6, 6.07) is 1.58. The van der Waals surface area contributed by atoms with Crippen molar-refractivity contribution in [3.05, 3.63) is 17.6 Å². The van der Waals surface area contributed by atoms with Gasteiger partial charge < -0.3 is 9.73 Å². The fraction of sp³-hybridized carbons (Fsp3) is 0.600. The van der Waals surface area contributed by atoms with E-state index in [9.17, 15) is 8.42 Å². The number of furan rings is 1. The van der Waals surface area contributed by atoms with Crippen molar-refractivity contribution in [3.63, 3.8) is 0 Å². The summed E-state index contributed by atoms with van der Waals surface area (Å²) in [6.45, 7) is 4.99. The summed E-state index contributed by atoms with van der Waals surface area (Å²) in [6.07, 6.45) is 0. The van der Waals surface area contributed by atoms with Gasteiger partial charge in [0.05, 0.1) is 6.54 Å². The Hall–Kier alpha value is -0.850. The highest BCUT2D eigenvalue weighted by Gasteiger charge is 2.23. The number of aryl methyl sites for hydroxylation is 1. The molecule has 0 aromatic carbocycles. The van der Waals surface area contributed by atoms with Crippen molar-refractivity contribution in [2.24, 2.45) is 0 Å². The van der Waals surface area contributed by atoms with Crippen LogP contribution in [0.15, 0.2) is 15.4 Å². The largest absolute Gasteiger partial charge is 0.464 e. The maximum atomic E-state index is 11.9. The van der Waals surface area contributed by atoms with Crippen molar-refractivity contribution in [1.82, 2.24) is 9.62 Å². The maximum absolute atomic E-state index is 11.9. The number of hydrogen-bond donors (Lipinski definition) is 1. The van der Waals surface area contributed by atoms with Crippen LogP contribution in [0.1, 0.15) is 18.4 Å². The monoisotopic (exact) mass is 246 g/mol. The third-order valence-corrected chi connectivity index (χ3v) is 4.15. The van der Waals surface area contributed by atoms with Gasteiger partial charge >= 0.3 is 0 Å². The molecule has 0 unspecified atom stereocenters. The quantitative estimate of drug-likeness (QED) is 0.840. The third kappa shape index (κ3) is 2.63. The van der Waals surface area contributed by atoms with E-state index in [-0.39, 0.29) is 4.90 Å². The number of rotatable bonds is 5. The van der Waals surface area contributed by atoms with Gasteiger partial charge in [0.2, 0.25) is 10.0 Å². The van der Waals surface area contributed by atoms with Crippen LogP contribution in [-0.2, 0) is 16.6 Å². The molecule has 16 heavy (non-hydrogen) atoms. The first-order valence-electron chi connectivity index (χ1n) is 5.12. The van der Waals surface area contributed by atoms with Gasteiger partial charge in [0, 0.05) is 20.2 Å². The lowest BCUT2D eigenvalue weighted by atomic mass is 10.4. The van der Waals surface area contributed by atoms with Crippen LogP contribution in [0.2, 0.25) is 0 Å². The lowest BCUT2D eigenvalue weighted by Crippen LogP contribution is -2.22. The zero-order chi connectivity index (χ0) is 12.3. The Morgan fingerprint density at radius 3 is 2.56 bits per heavy atom. The molecule has 0 saturated heterocycles. The molecule has 1 rings (SSSR count). The van der Waals surface area contributed by atoms with Crippen molar-refractivity contribution in [1.29, 1.82) is 0 Å². The first-order valence-corrected chi connectivity index (χ1v) is 6.56. The molecule has 0 aliphatic rings. The summed E-state index contributed by atoms with van der Waals surface area (Å²) in [4.78, 5) is 0.241. The van der Waals surface area contributed by atoms with Crippen LogP contribution in [0.3, 0.4) is 0 Å². The SMILES string of the molecule is CCNCc1cc(S(=O)(=O)N(C)C)c(C)o1. The van der Waals surface area contributed by atoms with Gasteiger partial charge in [-0.05, 0) is 13.5 Å². The first-order chi connectivity index (χ1) is 7.39.